The molecule has 0 saturated heterocycles. The molecule has 0 aliphatic carbocycles. The van der Waals surface area contributed by atoms with Crippen LogP contribution in [-0.4, -0.2) is 16.0 Å². The Kier molecular flexibility index (Phi) is 6.98. The first-order valence-electron chi connectivity index (χ1n) is 9.45. The number of nitrogens with one attached hydrogen (secondary N) is 1. The average molecular weight is 442 g/mol. The summed E-state index contributed by atoms with van der Waals surface area (Å²) in [5.41, 5.74) is 2.10. The van der Waals surface area contributed by atoms with E-state index in [9.17, 15) is 4.79 Å². The van der Waals surface area contributed by atoms with Crippen molar-refractivity contribution >= 4 is 21.8 Å². The van der Waals surface area contributed by atoms with Crippen LogP contribution in [0.25, 0.3) is 0 Å². The van der Waals surface area contributed by atoms with Gasteiger partial charge in [0.15, 0.2) is 5.82 Å². The van der Waals surface area contributed by atoms with Gasteiger partial charge in [0.05, 0.1) is 6.04 Å². The van der Waals surface area contributed by atoms with Gasteiger partial charge in [-0.1, -0.05) is 77.4 Å². The van der Waals surface area contributed by atoms with Crippen molar-refractivity contribution in [2.24, 2.45) is 0 Å². The molecule has 6 heteroatoms. The van der Waals surface area contributed by atoms with Gasteiger partial charge in [-0.15, -0.1) is 0 Å². The van der Waals surface area contributed by atoms with Gasteiger partial charge in [0.25, 0.3) is 0 Å². The summed E-state index contributed by atoms with van der Waals surface area (Å²) in [6, 6.07) is 17.8. The highest BCUT2D eigenvalue weighted by molar-refractivity contribution is 9.10. The zero-order valence-electron chi connectivity index (χ0n) is 16.1. The predicted octanol–water partition coefficient (Wildman–Crippen LogP) is 5.18. The second-order valence-electron chi connectivity index (χ2n) is 7.02. The summed E-state index contributed by atoms with van der Waals surface area (Å²) in [5.74, 6) is 1.53. The molecular formula is C22H24BrN3O2. The van der Waals surface area contributed by atoms with Crippen LogP contribution < -0.4 is 5.32 Å². The Bertz CT molecular complexity index is 892. The van der Waals surface area contributed by atoms with Gasteiger partial charge < -0.3 is 9.84 Å². The number of aromatic nitrogens is 2. The highest BCUT2D eigenvalue weighted by atomic mass is 79.9. The first kappa shape index (κ1) is 20.3. The summed E-state index contributed by atoms with van der Waals surface area (Å²) in [6.45, 7) is 4.04. The van der Waals surface area contributed by atoms with E-state index >= 15 is 0 Å². The van der Waals surface area contributed by atoms with Gasteiger partial charge in [0.1, 0.15) is 0 Å². The molecule has 0 bridgehead atoms. The van der Waals surface area contributed by atoms with Gasteiger partial charge in [-0.25, -0.2) is 0 Å². The number of nitrogens with zero attached hydrogens (tertiary/aromatic N) is 2. The van der Waals surface area contributed by atoms with E-state index < -0.39 is 0 Å². The van der Waals surface area contributed by atoms with Crippen molar-refractivity contribution in [3.63, 3.8) is 0 Å². The maximum atomic E-state index is 12.6. The number of carbonyl (C=O) groups excluding carboxylic acids is 1. The lowest BCUT2D eigenvalue weighted by Crippen LogP contribution is -2.29. The molecule has 0 fully saturated rings. The van der Waals surface area contributed by atoms with Gasteiger partial charge in [0, 0.05) is 23.2 Å². The predicted molar refractivity (Wildman–Crippen MR) is 112 cm³/mol. The molecule has 146 valence electrons. The van der Waals surface area contributed by atoms with Gasteiger partial charge in [-0.05, 0) is 29.7 Å². The Morgan fingerprint density at radius 1 is 1.07 bits per heavy atom. The number of benzene rings is 2. The largest absolute Gasteiger partial charge is 0.345 e. The zero-order chi connectivity index (χ0) is 19.9. The minimum atomic E-state index is -0.183. The van der Waals surface area contributed by atoms with Crippen LogP contribution in [0.3, 0.4) is 0 Å². The summed E-state index contributed by atoms with van der Waals surface area (Å²) in [6.07, 6.45) is 1.66. The van der Waals surface area contributed by atoms with Crippen molar-refractivity contribution in [1.82, 2.24) is 15.5 Å². The van der Waals surface area contributed by atoms with Crippen molar-refractivity contribution in [3.05, 3.63) is 81.9 Å². The first-order chi connectivity index (χ1) is 13.5. The lowest BCUT2D eigenvalue weighted by molar-refractivity contribution is -0.121. The van der Waals surface area contributed by atoms with Crippen LogP contribution in [0.4, 0.5) is 0 Å². The van der Waals surface area contributed by atoms with Crippen molar-refractivity contribution in [2.45, 2.75) is 45.1 Å². The van der Waals surface area contributed by atoms with Crippen LogP contribution in [0.15, 0.2) is 63.6 Å². The molecule has 0 aliphatic rings. The fraction of sp³-hybridized carbons (Fsp3) is 0.318. The van der Waals surface area contributed by atoms with Crippen molar-refractivity contribution in [1.29, 1.82) is 0 Å². The molecule has 1 heterocycles. The molecule has 0 saturated carbocycles. The normalized spacial score (nSPS) is 12.1. The molecule has 0 spiro atoms. The van der Waals surface area contributed by atoms with Gasteiger partial charge >= 0.3 is 0 Å². The molecule has 0 radical (unpaired) electrons. The second kappa shape index (κ2) is 9.64. The van der Waals surface area contributed by atoms with Gasteiger partial charge in [0.2, 0.25) is 11.8 Å². The SMILES string of the molecule is CC(C)c1noc(CCCC(=O)NC(c2ccccc2)c2ccc(Br)cc2)n1. The Morgan fingerprint density at radius 2 is 1.75 bits per heavy atom. The number of halogens is 1. The number of carbonyl (C=O) groups is 1. The second-order valence-corrected chi connectivity index (χ2v) is 7.93. The van der Waals surface area contributed by atoms with Gasteiger partial charge in [-0.3, -0.25) is 4.79 Å². The number of hydrogen-bond donors (Lipinski definition) is 1. The monoisotopic (exact) mass is 441 g/mol. The van der Waals surface area contributed by atoms with E-state index in [0.717, 1.165) is 15.6 Å². The Morgan fingerprint density at radius 3 is 2.39 bits per heavy atom. The quantitative estimate of drug-likeness (QED) is 0.522. The third-order valence-corrected chi connectivity index (χ3v) is 4.96. The molecular weight excluding hydrogens is 418 g/mol. The van der Waals surface area contributed by atoms with E-state index in [2.05, 4.69) is 31.4 Å². The van der Waals surface area contributed by atoms with E-state index in [1.54, 1.807) is 0 Å². The average Bonchev–Trinajstić information content (AvgIpc) is 3.17. The van der Waals surface area contributed by atoms with Crippen LogP contribution in [0.2, 0.25) is 0 Å². The molecule has 1 amide bonds. The van der Waals surface area contributed by atoms with Crippen LogP contribution >= 0.6 is 15.9 Å². The van der Waals surface area contributed by atoms with E-state index in [1.807, 2.05) is 68.4 Å². The van der Waals surface area contributed by atoms with Crippen LogP contribution in [-0.2, 0) is 11.2 Å². The smallest absolute Gasteiger partial charge is 0.226 e. The summed E-state index contributed by atoms with van der Waals surface area (Å²) >= 11 is 3.46. The fourth-order valence-corrected chi connectivity index (χ4v) is 3.16. The Labute approximate surface area is 173 Å². The summed E-state index contributed by atoms with van der Waals surface area (Å²) < 4.78 is 6.25. The van der Waals surface area contributed by atoms with E-state index in [-0.39, 0.29) is 17.9 Å². The van der Waals surface area contributed by atoms with Gasteiger partial charge in [-0.2, -0.15) is 4.98 Å². The highest BCUT2D eigenvalue weighted by Crippen LogP contribution is 2.24. The first-order valence-corrected chi connectivity index (χ1v) is 10.2. The molecule has 3 aromatic rings. The molecule has 1 N–H and O–H groups in total. The maximum Gasteiger partial charge on any atom is 0.226 e. The minimum absolute atomic E-state index is 0.000343. The molecule has 1 atom stereocenters. The van der Waals surface area contributed by atoms with Crippen LogP contribution in [0.5, 0.6) is 0 Å². The topological polar surface area (TPSA) is 68.0 Å². The Hall–Kier alpha value is -2.47. The number of amides is 1. The summed E-state index contributed by atoms with van der Waals surface area (Å²) in [4.78, 5) is 16.9. The molecule has 0 aliphatic heterocycles. The fourth-order valence-electron chi connectivity index (χ4n) is 2.90. The molecule has 28 heavy (non-hydrogen) atoms. The summed E-state index contributed by atoms with van der Waals surface area (Å²) in [7, 11) is 0. The molecule has 5 nitrogen and oxygen atoms in total. The maximum absolute atomic E-state index is 12.6. The van der Waals surface area contributed by atoms with Crippen LogP contribution in [0.1, 0.15) is 61.5 Å². The molecule has 1 unspecified atom stereocenters. The molecule has 2 aromatic carbocycles. The van der Waals surface area contributed by atoms with E-state index in [0.29, 0.717) is 31.0 Å². The van der Waals surface area contributed by atoms with E-state index in [1.165, 1.54) is 0 Å². The van der Waals surface area contributed by atoms with Crippen molar-refractivity contribution in [3.8, 4) is 0 Å². The molecule has 1 aromatic heterocycles. The van der Waals surface area contributed by atoms with Crippen molar-refractivity contribution < 1.29 is 9.32 Å². The standard InChI is InChI=1S/C22H24BrN3O2/c1-15(2)22-25-20(28-26-22)10-6-9-19(27)24-21(16-7-4-3-5-8-16)17-11-13-18(23)14-12-17/h3-5,7-8,11-15,21H,6,9-10H2,1-2H3,(H,24,27). The third kappa shape index (κ3) is 5.52. The van der Waals surface area contributed by atoms with E-state index in [4.69, 9.17) is 4.52 Å². The lowest BCUT2D eigenvalue weighted by atomic mass is 9.98. The number of aryl methyl sites for hydroxylation is 1. The van der Waals surface area contributed by atoms with Crippen LogP contribution in [0, 0.1) is 0 Å². The van der Waals surface area contributed by atoms with Crippen molar-refractivity contribution in [2.75, 3.05) is 0 Å². The number of hydrogen-bond acceptors (Lipinski definition) is 4. The Balaban J connectivity index is 1.61. The third-order valence-electron chi connectivity index (χ3n) is 4.44. The number of rotatable bonds is 8. The zero-order valence-corrected chi connectivity index (χ0v) is 17.6. The highest BCUT2D eigenvalue weighted by Gasteiger charge is 2.17. The lowest BCUT2D eigenvalue weighted by Gasteiger charge is -2.20. The molecule has 3 rings (SSSR count). The summed E-state index contributed by atoms with van der Waals surface area (Å²) in [5, 5.41) is 7.12. The minimum Gasteiger partial charge on any atom is -0.345 e.